The van der Waals surface area contributed by atoms with Crippen molar-refractivity contribution in [3.05, 3.63) is 11.9 Å². The van der Waals surface area contributed by atoms with Crippen LogP contribution in [-0.2, 0) is 6.42 Å². The van der Waals surface area contributed by atoms with E-state index in [0.29, 0.717) is 0 Å². The van der Waals surface area contributed by atoms with E-state index in [2.05, 4.69) is 34.0 Å². The third-order valence-electron chi connectivity index (χ3n) is 4.50. The van der Waals surface area contributed by atoms with Crippen molar-refractivity contribution in [3.8, 4) is 0 Å². The summed E-state index contributed by atoms with van der Waals surface area (Å²) in [6.45, 7) is 6.79. The van der Waals surface area contributed by atoms with Crippen LogP contribution in [0.2, 0.25) is 0 Å². The summed E-state index contributed by atoms with van der Waals surface area (Å²) in [5.74, 6) is 3.06. The molecule has 0 radical (unpaired) electrons. The van der Waals surface area contributed by atoms with Crippen molar-refractivity contribution in [2.24, 2.45) is 5.92 Å². The topological polar surface area (TPSA) is 41.1 Å². The maximum Gasteiger partial charge on any atom is 0.137 e. The standard InChI is InChI=1S/C17H30N4/c1-4-7-14-9-6-11-21(12-10-14)17-15(8-5-2)16(18-3)19-13-20-17/h13-14H,4-12H2,1-3H3,(H,18,19,20). The highest BCUT2D eigenvalue weighted by molar-refractivity contribution is 5.58. The van der Waals surface area contributed by atoms with Gasteiger partial charge in [-0.1, -0.05) is 33.1 Å². The summed E-state index contributed by atoms with van der Waals surface area (Å²) in [7, 11) is 1.95. The maximum absolute atomic E-state index is 4.62. The van der Waals surface area contributed by atoms with Crippen molar-refractivity contribution in [1.29, 1.82) is 0 Å². The Kier molecular flexibility index (Phi) is 6.27. The molecule has 21 heavy (non-hydrogen) atoms. The number of anilines is 2. The lowest BCUT2D eigenvalue weighted by Gasteiger charge is -2.25. The maximum atomic E-state index is 4.62. The van der Waals surface area contributed by atoms with Crippen LogP contribution >= 0.6 is 0 Å². The van der Waals surface area contributed by atoms with Gasteiger partial charge in [0.25, 0.3) is 0 Å². The summed E-state index contributed by atoms with van der Waals surface area (Å²) < 4.78 is 0. The van der Waals surface area contributed by atoms with E-state index in [9.17, 15) is 0 Å². The lowest BCUT2D eigenvalue weighted by atomic mass is 9.96. The average Bonchev–Trinajstić information content (AvgIpc) is 2.74. The van der Waals surface area contributed by atoms with Gasteiger partial charge in [-0.3, -0.25) is 0 Å². The van der Waals surface area contributed by atoms with E-state index in [4.69, 9.17) is 0 Å². The number of rotatable bonds is 6. The molecule has 4 nitrogen and oxygen atoms in total. The highest BCUT2D eigenvalue weighted by atomic mass is 15.2. The van der Waals surface area contributed by atoms with Crippen molar-refractivity contribution in [3.63, 3.8) is 0 Å². The van der Waals surface area contributed by atoms with E-state index in [-0.39, 0.29) is 0 Å². The molecule has 1 aromatic heterocycles. The molecule has 1 unspecified atom stereocenters. The number of hydrogen-bond acceptors (Lipinski definition) is 4. The van der Waals surface area contributed by atoms with Crippen molar-refractivity contribution in [2.45, 2.75) is 58.8 Å². The van der Waals surface area contributed by atoms with Crippen molar-refractivity contribution in [1.82, 2.24) is 9.97 Å². The molecule has 1 saturated heterocycles. The summed E-state index contributed by atoms with van der Waals surface area (Å²) in [6.07, 6.45) is 10.5. The first-order chi connectivity index (χ1) is 10.3. The Labute approximate surface area is 129 Å². The third kappa shape index (κ3) is 4.08. The Balaban J connectivity index is 2.17. The predicted molar refractivity (Wildman–Crippen MR) is 90.0 cm³/mol. The van der Waals surface area contributed by atoms with Crippen LogP contribution in [0.4, 0.5) is 11.6 Å². The van der Waals surface area contributed by atoms with Gasteiger partial charge in [-0.15, -0.1) is 0 Å². The summed E-state index contributed by atoms with van der Waals surface area (Å²) in [5.41, 5.74) is 1.29. The average molecular weight is 290 g/mol. The zero-order valence-corrected chi connectivity index (χ0v) is 13.9. The number of nitrogens with one attached hydrogen (secondary N) is 1. The molecule has 4 heteroatoms. The molecule has 1 aliphatic rings. The molecular formula is C17H30N4. The molecule has 1 atom stereocenters. The van der Waals surface area contributed by atoms with E-state index in [1.807, 2.05) is 7.05 Å². The third-order valence-corrected chi connectivity index (χ3v) is 4.50. The van der Waals surface area contributed by atoms with Gasteiger partial charge in [-0.25, -0.2) is 9.97 Å². The van der Waals surface area contributed by atoms with E-state index >= 15 is 0 Å². The lowest BCUT2D eigenvalue weighted by molar-refractivity contribution is 0.435. The van der Waals surface area contributed by atoms with Crippen LogP contribution in [-0.4, -0.2) is 30.1 Å². The second-order valence-corrected chi connectivity index (χ2v) is 6.10. The SMILES string of the molecule is CCCc1c(NC)ncnc1N1CCCC(CCC)CC1. The molecule has 0 aromatic carbocycles. The molecule has 118 valence electrons. The monoisotopic (exact) mass is 290 g/mol. The Morgan fingerprint density at radius 3 is 2.76 bits per heavy atom. The molecule has 1 fully saturated rings. The zero-order valence-electron chi connectivity index (χ0n) is 13.9. The Hall–Kier alpha value is -1.32. The second kappa shape index (κ2) is 8.20. The van der Waals surface area contributed by atoms with Gasteiger partial charge < -0.3 is 10.2 Å². The van der Waals surface area contributed by atoms with Crippen molar-refractivity contribution < 1.29 is 0 Å². The van der Waals surface area contributed by atoms with Crippen LogP contribution in [0.25, 0.3) is 0 Å². The fourth-order valence-corrected chi connectivity index (χ4v) is 3.45. The molecule has 0 bridgehead atoms. The van der Waals surface area contributed by atoms with Crippen LogP contribution in [0, 0.1) is 5.92 Å². The summed E-state index contributed by atoms with van der Waals surface area (Å²) >= 11 is 0. The minimum atomic E-state index is 0.903. The van der Waals surface area contributed by atoms with Crippen LogP contribution in [0.5, 0.6) is 0 Å². The summed E-state index contributed by atoms with van der Waals surface area (Å²) in [4.78, 5) is 11.5. The molecule has 0 spiro atoms. The van der Waals surface area contributed by atoms with Gasteiger partial charge in [0.15, 0.2) is 0 Å². The normalized spacial score (nSPS) is 19.4. The van der Waals surface area contributed by atoms with Gasteiger partial charge in [0.05, 0.1) is 0 Å². The van der Waals surface area contributed by atoms with E-state index < -0.39 is 0 Å². The minimum Gasteiger partial charge on any atom is -0.373 e. The predicted octanol–water partition coefficient (Wildman–Crippen LogP) is 3.88. The smallest absolute Gasteiger partial charge is 0.137 e. The van der Waals surface area contributed by atoms with Gasteiger partial charge in [0.1, 0.15) is 18.0 Å². The van der Waals surface area contributed by atoms with Gasteiger partial charge in [-0.05, 0) is 31.6 Å². The molecule has 0 amide bonds. The van der Waals surface area contributed by atoms with E-state index in [0.717, 1.165) is 43.5 Å². The quantitative estimate of drug-likeness (QED) is 0.863. The van der Waals surface area contributed by atoms with Gasteiger partial charge >= 0.3 is 0 Å². The van der Waals surface area contributed by atoms with Crippen molar-refractivity contribution in [2.75, 3.05) is 30.4 Å². The van der Waals surface area contributed by atoms with Gasteiger partial charge in [0, 0.05) is 25.7 Å². The Bertz CT molecular complexity index is 433. The molecule has 1 aliphatic heterocycles. The molecule has 1 aromatic rings. The van der Waals surface area contributed by atoms with Crippen molar-refractivity contribution >= 4 is 11.6 Å². The molecule has 0 aliphatic carbocycles. The fraction of sp³-hybridized carbons (Fsp3) is 0.765. The highest BCUT2D eigenvalue weighted by Gasteiger charge is 2.20. The number of nitrogens with zero attached hydrogens (tertiary/aromatic N) is 3. The van der Waals surface area contributed by atoms with Crippen LogP contribution in [0.3, 0.4) is 0 Å². The number of hydrogen-bond donors (Lipinski definition) is 1. The Morgan fingerprint density at radius 2 is 2.05 bits per heavy atom. The number of aromatic nitrogens is 2. The van der Waals surface area contributed by atoms with Gasteiger partial charge in [-0.2, -0.15) is 0 Å². The van der Waals surface area contributed by atoms with E-state index in [1.54, 1.807) is 6.33 Å². The Morgan fingerprint density at radius 1 is 1.19 bits per heavy atom. The molecule has 0 saturated carbocycles. The fourth-order valence-electron chi connectivity index (χ4n) is 3.45. The summed E-state index contributed by atoms with van der Waals surface area (Å²) in [6, 6.07) is 0. The van der Waals surface area contributed by atoms with Crippen LogP contribution in [0.1, 0.15) is 57.9 Å². The highest BCUT2D eigenvalue weighted by Crippen LogP contribution is 2.29. The largest absolute Gasteiger partial charge is 0.373 e. The van der Waals surface area contributed by atoms with Crippen LogP contribution in [0.15, 0.2) is 6.33 Å². The zero-order chi connectivity index (χ0) is 15.1. The first-order valence-electron chi connectivity index (χ1n) is 8.56. The lowest BCUT2D eigenvalue weighted by Crippen LogP contribution is -2.27. The first-order valence-corrected chi connectivity index (χ1v) is 8.56. The van der Waals surface area contributed by atoms with E-state index in [1.165, 1.54) is 37.7 Å². The summed E-state index contributed by atoms with van der Waals surface area (Å²) in [5, 5.41) is 3.23. The van der Waals surface area contributed by atoms with Crippen LogP contribution < -0.4 is 10.2 Å². The minimum absolute atomic E-state index is 0.903. The molecular weight excluding hydrogens is 260 g/mol. The molecule has 2 rings (SSSR count). The van der Waals surface area contributed by atoms with Gasteiger partial charge in [0.2, 0.25) is 0 Å². The second-order valence-electron chi connectivity index (χ2n) is 6.10. The molecule has 1 N–H and O–H groups in total. The first kappa shape index (κ1) is 16.1. The molecule has 2 heterocycles.